The van der Waals surface area contributed by atoms with Gasteiger partial charge in [0.25, 0.3) is 5.91 Å². The molecule has 0 aliphatic carbocycles. The standard InChI is InChI=1S/C15H15BrN2O/c1-11-6-14(10-17-8-11)15(19)18-9-13-4-2-12(7-16)3-5-13/h2-6,8,10H,7,9H2,1H3,(H,18,19). The van der Waals surface area contributed by atoms with Crippen LogP contribution in [0.15, 0.2) is 42.7 Å². The van der Waals surface area contributed by atoms with Crippen LogP contribution < -0.4 is 5.32 Å². The fraction of sp³-hybridized carbons (Fsp3) is 0.200. The number of alkyl halides is 1. The van der Waals surface area contributed by atoms with E-state index in [1.807, 2.05) is 37.3 Å². The van der Waals surface area contributed by atoms with Crippen molar-refractivity contribution in [2.75, 3.05) is 0 Å². The van der Waals surface area contributed by atoms with Crippen molar-refractivity contribution >= 4 is 21.8 Å². The highest BCUT2D eigenvalue weighted by atomic mass is 79.9. The Labute approximate surface area is 121 Å². The fourth-order valence-corrected chi connectivity index (χ4v) is 2.08. The molecule has 0 unspecified atom stereocenters. The van der Waals surface area contributed by atoms with Gasteiger partial charge in [0.2, 0.25) is 0 Å². The van der Waals surface area contributed by atoms with Gasteiger partial charge in [0.05, 0.1) is 5.56 Å². The topological polar surface area (TPSA) is 42.0 Å². The van der Waals surface area contributed by atoms with Crippen LogP contribution in [0.1, 0.15) is 27.0 Å². The fourth-order valence-electron chi connectivity index (χ4n) is 1.71. The normalized spacial score (nSPS) is 10.2. The Kier molecular flexibility index (Phi) is 4.68. The van der Waals surface area contributed by atoms with Gasteiger partial charge in [-0.05, 0) is 29.7 Å². The number of aromatic nitrogens is 1. The highest BCUT2D eigenvalue weighted by molar-refractivity contribution is 9.08. The van der Waals surface area contributed by atoms with Gasteiger partial charge in [-0.1, -0.05) is 40.2 Å². The number of rotatable bonds is 4. The zero-order chi connectivity index (χ0) is 13.7. The zero-order valence-corrected chi connectivity index (χ0v) is 12.3. The molecule has 98 valence electrons. The van der Waals surface area contributed by atoms with Crippen molar-refractivity contribution in [1.29, 1.82) is 0 Å². The molecule has 0 saturated carbocycles. The van der Waals surface area contributed by atoms with Crippen LogP contribution in [0.25, 0.3) is 0 Å². The molecule has 2 rings (SSSR count). The molecule has 1 heterocycles. The van der Waals surface area contributed by atoms with Gasteiger partial charge in [-0.15, -0.1) is 0 Å². The van der Waals surface area contributed by atoms with Gasteiger partial charge in [-0.3, -0.25) is 9.78 Å². The molecule has 3 nitrogen and oxygen atoms in total. The van der Waals surface area contributed by atoms with Crippen molar-refractivity contribution < 1.29 is 4.79 Å². The summed E-state index contributed by atoms with van der Waals surface area (Å²) in [5, 5.41) is 3.73. The number of nitrogens with zero attached hydrogens (tertiary/aromatic N) is 1. The van der Waals surface area contributed by atoms with E-state index in [-0.39, 0.29) is 5.91 Å². The number of carbonyl (C=O) groups is 1. The minimum absolute atomic E-state index is 0.0965. The maximum Gasteiger partial charge on any atom is 0.253 e. The highest BCUT2D eigenvalue weighted by Crippen LogP contribution is 2.08. The van der Waals surface area contributed by atoms with Gasteiger partial charge in [-0.25, -0.2) is 0 Å². The van der Waals surface area contributed by atoms with E-state index in [4.69, 9.17) is 0 Å². The van der Waals surface area contributed by atoms with E-state index in [2.05, 4.69) is 26.2 Å². The molecule has 1 aromatic carbocycles. The number of hydrogen-bond acceptors (Lipinski definition) is 2. The molecule has 19 heavy (non-hydrogen) atoms. The van der Waals surface area contributed by atoms with E-state index in [9.17, 15) is 4.79 Å². The molecule has 4 heteroatoms. The number of aryl methyl sites for hydroxylation is 1. The summed E-state index contributed by atoms with van der Waals surface area (Å²) in [6, 6.07) is 9.96. The quantitative estimate of drug-likeness (QED) is 0.879. The molecular weight excluding hydrogens is 304 g/mol. The minimum atomic E-state index is -0.0965. The summed E-state index contributed by atoms with van der Waals surface area (Å²) >= 11 is 3.40. The zero-order valence-electron chi connectivity index (χ0n) is 10.7. The van der Waals surface area contributed by atoms with E-state index < -0.39 is 0 Å². The van der Waals surface area contributed by atoms with Crippen LogP contribution in [0.4, 0.5) is 0 Å². The summed E-state index contributed by atoms with van der Waals surface area (Å²) in [5.74, 6) is -0.0965. The van der Waals surface area contributed by atoms with E-state index in [0.29, 0.717) is 12.1 Å². The molecule has 1 aromatic heterocycles. The van der Waals surface area contributed by atoms with Crippen LogP contribution in [0, 0.1) is 6.92 Å². The lowest BCUT2D eigenvalue weighted by Crippen LogP contribution is -2.22. The third kappa shape index (κ3) is 3.89. The van der Waals surface area contributed by atoms with Crippen molar-refractivity contribution in [3.8, 4) is 0 Å². The summed E-state index contributed by atoms with van der Waals surface area (Å²) in [6.07, 6.45) is 3.31. The van der Waals surface area contributed by atoms with E-state index in [1.54, 1.807) is 12.4 Å². The summed E-state index contributed by atoms with van der Waals surface area (Å²) in [7, 11) is 0. The van der Waals surface area contributed by atoms with E-state index in [1.165, 1.54) is 5.56 Å². The maximum atomic E-state index is 11.9. The van der Waals surface area contributed by atoms with Gasteiger partial charge in [0, 0.05) is 24.3 Å². The molecule has 2 aromatic rings. The average molecular weight is 319 g/mol. The van der Waals surface area contributed by atoms with Gasteiger partial charge >= 0.3 is 0 Å². The first-order chi connectivity index (χ1) is 9.19. The second-order valence-corrected chi connectivity index (χ2v) is 4.94. The van der Waals surface area contributed by atoms with Gasteiger partial charge < -0.3 is 5.32 Å². The van der Waals surface area contributed by atoms with Crippen LogP contribution in [-0.4, -0.2) is 10.9 Å². The summed E-state index contributed by atoms with van der Waals surface area (Å²) in [5.41, 5.74) is 3.88. The SMILES string of the molecule is Cc1cncc(C(=O)NCc2ccc(CBr)cc2)c1. The molecule has 1 N–H and O–H groups in total. The Bertz CT molecular complexity index is 567. The average Bonchev–Trinajstić information content (AvgIpc) is 2.45. The third-order valence-corrected chi connectivity index (χ3v) is 3.41. The maximum absolute atomic E-state index is 11.9. The molecule has 0 aliphatic heterocycles. The lowest BCUT2D eigenvalue weighted by Gasteiger charge is -2.06. The Morgan fingerprint density at radius 1 is 1.21 bits per heavy atom. The molecule has 0 fully saturated rings. The Morgan fingerprint density at radius 3 is 2.53 bits per heavy atom. The first-order valence-corrected chi connectivity index (χ1v) is 7.15. The van der Waals surface area contributed by atoms with Crippen LogP contribution in [-0.2, 0) is 11.9 Å². The predicted molar refractivity (Wildman–Crippen MR) is 79.2 cm³/mol. The summed E-state index contributed by atoms with van der Waals surface area (Å²) < 4.78 is 0. The number of nitrogens with one attached hydrogen (secondary N) is 1. The van der Waals surface area contributed by atoms with Gasteiger partial charge in [0.15, 0.2) is 0 Å². The molecule has 0 saturated heterocycles. The van der Waals surface area contributed by atoms with Crippen molar-refractivity contribution in [3.05, 3.63) is 65.0 Å². The molecule has 0 radical (unpaired) electrons. The number of amides is 1. The number of benzene rings is 1. The van der Waals surface area contributed by atoms with E-state index >= 15 is 0 Å². The number of hydrogen-bond donors (Lipinski definition) is 1. The second-order valence-electron chi connectivity index (χ2n) is 4.38. The van der Waals surface area contributed by atoms with Crippen molar-refractivity contribution in [2.45, 2.75) is 18.8 Å². The Balaban J connectivity index is 1.96. The molecule has 0 aliphatic rings. The van der Waals surface area contributed by atoms with Crippen molar-refractivity contribution in [1.82, 2.24) is 10.3 Å². The minimum Gasteiger partial charge on any atom is -0.348 e. The van der Waals surface area contributed by atoms with Crippen LogP contribution in [0.2, 0.25) is 0 Å². The first kappa shape index (κ1) is 13.7. The van der Waals surface area contributed by atoms with Gasteiger partial charge in [-0.2, -0.15) is 0 Å². The Hall–Kier alpha value is -1.68. The van der Waals surface area contributed by atoms with Crippen molar-refractivity contribution in [2.24, 2.45) is 0 Å². The monoisotopic (exact) mass is 318 g/mol. The summed E-state index contributed by atoms with van der Waals surface area (Å²) in [4.78, 5) is 16.0. The molecule has 0 spiro atoms. The Morgan fingerprint density at radius 2 is 1.89 bits per heavy atom. The first-order valence-electron chi connectivity index (χ1n) is 6.02. The van der Waals surface area contributed by atoms with Crippen LogP contribution in [0.3, 0.4) is 0 Å². The van der Waals surface area contributed by atoms with Gasteiger partial charge in [0.1, 0.15) is 0 Å². The third-order valence-electron chi connectivity index (χ3n) is 2.77. The molecule has 1 amide bonds. The van der Waals surface area contributed by atoms with Crippen LogP contribution in [0.5, 0.6) is 0 Å². The molecular formula is C15H15BrN2O. The second kappa shape index (κ2) is 6.48. The number of pyridine rings is 1. The van der Waals surface area contributed by atoms with E-state index in [0.717, 1.165) is 16.5 Å². The van der Waals surface area contributed by atoms with Crippen molar-refractivity contribution in [3.63, 3.8) is 0 Å². The predicted octanol–water partition coefficient (Wildman–Crippen LogP) is 3.21. The summed E-state index contributed by atoms with van der Waals surface area (Å²) in [6.45, 7) is 2.44. The largest absolute Gasteiger partial charge is 0.348 e. The molecule has 0 atom stereocenters. The lowest BCUT2D eigenvalue weighted by molar-refractivity contribution is 0.0950. The molecule has 0 bridgehead atoms. The number of carbonyl (C=O) groups excluding carboxylic acids is 1. The number of halogens is 1. The van der Waals surface area contributed by atoms with Crippen LogP contribution >= 0.6 is 15.9 Å². The lowest BCUT2D eigenvalue weighted by atomic mass is 10.1. The highest BCUT2D eigenvalue weighted by Gasteiger charge is 2.05. The smallest absolute Gasteiger partial charge is 0.253 e.